The zero-order valence-corrected chi connectivity index (χ0v) is 13.9. The van der Waals surface area contributed by atoms with E-state index >= 15 is 0 Å². The Bertz CT molecular complexity index is 659. The number of hydrogen-bond acceptors (Lipinski definition) is 1. The third-order valence-electron chi connectivity index (χ3n) is 3.10. The molecule has 104 valence electrons. The van der Waals surface area contributed by atoms with Crippen LogP contribution in [0.4, 0.5) is 5.69 Å². The summed E-state index contributed by atoms with van der Waals surface area (Å²) in [5.74, 6) is -0.158. The molecule has 0 heterocycles. The Balaban J connectivity index is 2.30. The zero-order chi connectivity index (χ0) is 14.9. The Kier molecular flexibility index (Phi) is 4.51. The second-order valence-corrected chi connectivity index (χ2v) is 6.12. The minimum absolute atomic E-state index is 0.158. The fourth-order valence-corrected chi connectivity index (χ4v) is 2.63. The first-order valence-corrected chi connectivity index (χ1v) is 7.40. The van der Waals surface area contributed by atoms with Crippen LogP contribution in [0.25, 0.3) is 0 Å². The van der Waals surface area contributed by atoms with Crippen LogP contribution in [0.1, 0.15) is 27.0 Å². The molecule has 0 aliphatic rings. The second-order valence-electron chi connectivity index (χ2n) is 4.86. The average molecular weight is 353 g/mol. The van der Waals surface area contributed by atoms with Gasteiger partial charge in [-0.25, -0.2) is 0 Å². The summed E-state index contributed by atoms with van der Waals surface area (Å²) in [6.07, 6.45) is 0. The van der Waals surface area contributed by atoms with Gasteiger partial charge in [0.05, 0.1) is 5.02 Å². The number of amides is 1. The molecule has 1 amide bonds. The number of carbonyl (C=O) groups excluding carboxylic acids is 1. The quantitative estimate of drug-likeness (QED) is 0.782. The van der Waals surface area contributed by atoms with Crippen LogP contribution in [-0.2, 0) is 0 Å². The van der Waals surface area contributed by atoms with Crippen molar-refractivity contribution in [2.45, 2.75) is 20.8 Å². The monoisotopic (exact) mass is 351 g/mol. The number of rotatable bonds is 2. The molecule has 0 unspecified atom stereocenters. The average Bonchev–Trinajstić information content (AvgIpc) is 2.36. The first-order valence-electron chi connectivity index (χ1n) is 6.22. The van der Waals surface area contributed by atoms with Crippen LogP contribution in [0.5, 0.6) is 0 Å². The van der Waals surface area contributed by atoms with E-state index in [4.69, 9.17) is 11.6 Å². The Morgan fingerprint density at radius 1 is 1.10 bits per heavy atom. The van der Waals surface area contributed by atoms with Gasteiger partial charge in [-0.15, -0.1) is 0 Å². The van der Waals surface area contributed by atoms with E-state index < -0.39 is 0 Å². The lowest BCUT2D eigenvalue weighted by molar-refractivity contribution is 0.102. The molecule has 0 bridgehead atoms. The summed E-state index contributed by atoms with van der Waals surface area (Å²) < 4.78 is 0.776. The van der Waals surface area contributed by atoms with E-state index in [0.29, 0.717) is 10.6 Å². The molecular weight excluding hydrogens is 338 g/mol. The summed E-state index contributed by atoms with van der Waals surface area (Å²) >= 11 is 9.33. The van der Waals surface area contributed by atoms with Crippen LogP contribution < -0.4 is 5.32 Å². The van der Waals surface area contributed by atoms with Gasteiger partial charge in [0, 0.05) is 15.7 Å². The maximum absolute atomic E-state index is 12.3. The Hall–Kier alpha value is -1.32. The van der Waals surface area contributed by atoms with Gasteiger partial charge in [-0.1, -0.05) is 29.3 Å². The molecule has 2 rings (SSSR count). The summed E-state index contributed by atoms with van der Waals surface area (Å²) in [7, 11) is 0. The van der Waals surface area contributed by atoms with E-state index in [-0.39, 0.29) is 5.91 Å². The van der Waals surface area contributed by atoms with E-state index in [9.17, 15) is 4.79 Å². The van der Waals surface area contributed by atoms with Crippen LogP contribution >= 0.6 is 27.5 Å². The number of benzene rings is 2. The summed E-state index contributed by atoms with van der Waals surface area (Å²) in [5.41, 5.74) is 4.69. The van der Waals surface area contributed by atoms with Gasteiger partial charge in [0.2, 0.25) is 0 Å². The lowest BCUT2D eigenvalue weighted by atomic mass is 10.0. The molecule has 0 fully saturated rings. The molecule has 0 aliphatic carbocycles. The topological polar surface area (TPSA) is 29.1 Å². The van der Waals surface area contributed by atoms with Crippen LogP contribution in [0, 0.1) is 20.8 Å². The van der Waals surface area contributed by atoms with E-state index in [1.165, 1.54) is 5.56 Å². The molecule has 2 nitrogen and oxygen atoms in total. The molecule has 2 aromatic carbocycles. The molecule has 1 N–H and O–H groups in total. The molecule has 20 heavy (non-hydrogen) atoms. The summed E-state index contributed by atoms with van der Waals surface area (Å²) in [4.78, 5) is 12.3. The first kappa shape index (κ1) is 15.1. The number of nitrogens with one attached hydrogen (secondary N) is 1. The van der Waals surface area contributed by atoms with Crippen molar-refractivity contribution in [2.75, 3.05) is 5.32 Å². The standard InChI is InChI=1S/C16H15BrClNO/c1-9-6-10(2)15(11(3)7-9)19-16(20)12-4-5-13(17)14(18)8-12/h4-8H,1-3H3,(H,19,20). The molecule has 0 radical (unpaired) electrons. The lowest BCUT2D eigenvalue weighted by Gasteiger charge is -2.13. The van der Waals surface area contributed by atoms with Crippen LogP contribution in [-0.4, -0.2) is 5.91 Å². The van der Waals surface area contributed by atoms with Gasteiger partial charge >= 0.3 is 0 Å². The molecule has 0 saturated carbocycles. The van der Waals surface area contributed by atoms with E-state index in [2.05, 4.69) is 33.4 Å². The smallest absolute Gasteiger partial charge is 0.255 e. The SMILES string of the molecule is Cc1cc(C)c(NC(=O)c2ccc(Br)c(Cl)c2)c(C)c1. The number of hydrogen-bond donors (Lipinski definition) is 1. The van der Waals surface area contributed by atoms with Crippen molar-refractivity contribution in [1.82, 2.24) is 0 Å². The largest absolute Gasteiger partial charge is 0.322 e. The lowest BCUT2D eigenvalue weighted by Crippen LogP contribution is -2.14. The van der Waals surface area contributed by atoms with Crippen molar-refractivity contribution < 1.29 is 4.79 Å². The van der Waals surface area contributed by atoms with Crippen molar-refractivity contribution in [1.29, 1.82) is 0 Å². The third-order valence-corrected chi connectivity index (χ3v) is 4.33. The van der Waals surface area contributed by atoms with Gasteiger partial charge < -0.3 is 5.32 Å². The predicted molar refractivity (Wildman–Crippen MR) is 87.8 cm³/mol. The number of anilines is 1. The predicted octanol–water partition coefficient (Wildman–Crippen LogP) is 5.28. The van der Waals surface area contributed by atoms with Crippen molar-refractivity contribution in [3.05, 3.63) is 62.1 Å². The maximum Gasteiger partial charge on any atom is 0.255 e. The van der Waals surface area contributed by atoms with Gasteiger partial charge in [-0.05, 0) is 66.0 Å². The van der Waals surface area contributed by atoms with Crippen LogP contribution in [0.2, 0.25) is 5.02 Å². The van der Waals surface area contributed by atoms with E-state index in [1.807, 2.05) is 20.8 Å². The summed E-state index contributed by atoms with van der Waals surface area (Å²) in [5, 5.41) is 3.48. The molecule has 2 aromatic rings. The maximum atomic E-state index is 12.3. The van der Waals surface area contributed by atoms with Gasteiger partial charge in [0.1, 0.15) is 0 Å². The second kappa shape index (κ2) is 5.98. The number of halogens is 2. The number of carbonyl (C=O) groups is 1. The highest BCUT2D eigenvalue weighted by Gasteiger charge is 2.11. The van der Waals surface area contributed by atoms with E-state index in [1.54, 1.807) is 18.2 Å². The number of aryl methyl sites for hydroxylation is 3. The molecule has 0 aliphatic heterocycles. The van der Waals surface area contributed by atoms with Gasteiger partial charge in [0.15, 0.2) is 0 Å². The minimum Gasteiger partial charge on any atom is -0.322 e. The molecule has 0 saturated heterocycles. The Morgan fingerprint density at radius 3 is 2.25 bits per heavy atom. The Labute approximate surface area is 132 Å². The van der Waals surface area contributed by atoms with Crippen molar-refractivity contribution in [2.24, 2.45) is 0 Å². The van der Waals surface area contributed by atoms with Gasteiger partial charge in [-0.2, -0.15) is 0 Å². The van der Waals surface area contributed by atoms with Crippen molar-refractivity contribution >= 4 is 39.1 Å². The van der Waals surface area contributed by atoms with Crippen molar-refractivity contribution in [3.63, 3.8) is 0 Å². The fraction of sp³-hybridized carbons (Fsp3) is 0.188. The highest BCUT2D eigenvalue weighted by molar-refractivity contribution is 9.10. The minimum atomic E-state index is -0.158. The van der Waals surface area contributed by atoms with Gasteiger partial charge in [-0.3, -0.25) is 4.79 Å². The highest BCUT2D eigenvalue weighted by Crippen LogP contribution is 2.25. The molecule has 0 atom stereocenters. The third kappa shape index (κ3) is 3.22. The summed E-state index contributed by atoms with van der Waals surface area (Å²) in [6, 6.07) is 9.27. The highest BCUT2D eigenvalue weighted by atomic mass is 79.9. The zero-order valence-electron chi connectivity index (χ0n) is 11.6. The van der Waals surface area contributed by atoms with Crippen LogP contribution in [0.3, 0.4) is 0 Å². The van der Waals surface area contributed by atoms with E-state index in [0.717, 1.165) is 21.3 Å². The molecule has 0 aromatic heterocycles. The first-order chi connectivity index (χ1) is 9.38. The van der Waals surface area contributed by atoms with Crippen LogP contribution in [0.15, 0.2) is 34.8 Å². The Morgan fingerprint density at radius 2 is 1.70 bits per heavy atom. The summed E-state index contributed by atoms with van der Waals surface area (Å²) in [6.45, 7) is 6.02. The van der Waals surface area contributed by atoms with Gasteiger partial charge in [0.25, 0.3) is 5.91 Å². The fourth-order valence-electron chi connectivity index (χ4n) is 2.20. The molecule has 4 heteroatoms. The normalized spacial score (nSPS) is 10.4. The molecule has 0 spiro atoms. The molecular formula is C16H15BrClNO. The van der Waals surface area contributed by atoms with Crippen molar-refractivity contribution in [3.8, 4) is 0 Å².